The number of nitrogens with two attached hydrogens (primary N) is 1. The normalized spacial score (nSPS) is 17.7. The van der Waals surface area contributed by atoms with E-state index in [1.165, 1.54) is 12.8 Å². The molecule has 2 N–H and O–H groups in total. The van der Waals surface area contributed by atoms with Crippen LogP contribution in [0.15, 0.2) is 28.8 Å². The summed E-state index contributed by atoms with van der Waals surface area (Å²) in [4.78, 5) is 4.61. The first-order valence-corrected chi connectivity index (χ1v) is 6.94. The van der Waals surface area contributed by atoms with Gasteiger partial charge in [0.2, 0.25) is 11.7 Å². The Morgan fingerprint density at radius 1 is 1.26 bits per heavy atom. The third kappa shape index (κ3) is 2.01. The standard InChI is InChI=1S/C15H19N3O/c1-2-15(9-5-6-10-15)14-17-13(18-19-14)11-7-3-4-8-12(11)16/h3-4,7-8H,2,5-6,9-10,16H2,1H3. The van der Waals surface area contributed by atoms with E-state index < -0.39 is 0 Å². The Hall–Kier alpha value is -1.84. The van der Waals surface area contributed by atoms with E-state index >= 15 is 0 Å². The molecular formula is C15H19N3O. The minimum atomic E-state index is 0.0921. The summed E-state index contributed by atoms with van der Waals surface area (Å²) < 4.78 is 5.54. The number of nitrogen functional groups attached to an aromatic ring is 1. The summed E-state index contributed by atoms with van der Waals surface area (Å²) >= 11 is 0. The molecule has 3 rings (SSSR count). The van der Waals surface area contributed by atoms with Crippen molar-refractivity contribution in [3.8, 4) is 11.4 Å². The SMILES string of the molecule is CCC1(c2nc(-c3ccccc3N)no2)CCCC1. The predicted octanol–water partition coefficient (Wildman–Crippen LogP) is 3.54. The maximum Gasteiger partial charge on any atom is 0.233 e. The minimum absolute atomic E-state index is 0.0921. The third-order valence-corrected chi connectivity index (χ3v) is 4.32. The Morgan fingerprint density at radius 3 is 2.68 bits per heavy atom. The average Bonchev–Trinajstić information content (AvgIpc) is 3.09. The quantitative estimate of drug-likeness (QED) is 0.854. The molecule has 0 aliphatic heterocycles. The molecule has 1 aromatic heterocycles. The highest BCUT2D eigenvalue weighted by Gasteiger charge is 2.39. The zero-order valence-electron chi connectivity index (χ0n) is 11.2. The molecule has 100 valence electrons. The van der Waals surface area contributed by atoms with E-state index in [-0.39, 0.29) is 5.41 Å². The van der Waals surface area contributed by atoms with Crippen molar-refractivity contribution in [3.05, 3.63) is 30.2 Å². The second-order valence-corrected chi connectivity index (χ2v) is 5.35. The van der Waals surface area contributed by atoms with Crippen molar-refractivity contribution >= 4 is 5.69 Å². The van der Waals surface area contributed by atoms with Gasteiger partial charge in [0.15, 0.2) is 0 Å². The van der Waals surface area contributed by atoms with E-state index in [4.69, 9.17) is 10.3 Å². The molecule has 1 fully saturated rings. The molecule has 1 aliphatic rings. The van der Waals surface area contributed by atoms with Crippen LogP contribution in [0.25, 0.3) is 11.4 Å². The number of hydrogen-bond acceptors (Lipinski definition) is 4. The molecule has 1 saturated carbocycles. The average molecular weight is 257 g/mol. The van der Waals surface area contributed by atoms with Crippen LogP contribution in [0.5, 0.6) is 0 Å². The third-order valence-electron chi connectivity index (χ3n) is 4.32. The lowest BCUT2D eigenvalue weighted by molar-refractivity contribution is 0.273. The fourth-order valence-electron chi connectivity index (χ4n) is 3.02. The van der Waals surface area contributed by atoms with Gasteiger partial charge in [0.25, 0.3) is 0 Å². The van der Waals surface area contributed by atoms with Crippen LogP contribution in [-0.4, -0.2) is 10.1 Å². The Morgan fingerprint density at radius 2 is 2.00 bits per heavy atom. The number of rotatable bonds is 3. The molecule has 0 saturated heterocycles. The van der Waals surface area contributed by atoms with Gasteiger partial charge in [-0.3, -0.25) is 0 Å². The van der Waals surface area contributed by atoms with Crippen LogP contribution in [0.4, 0.5) is 5.69 Å². The molecule has 0 amide bonds. The largest absolute Gasteiger partial charge is 0.398 e. The van der Waals surface area contributed by atoms with Crippen LogP contribution in [0.3, 0.4) is 0 Å². The Bertz CT molecular complexity index is 570. The first kappa shape index (κ1) is 12.2. The van der Waals surface area contributed by atoms with Gasteiger partial charge in [-0.2, -0.15) is 4.98 Å². The van der Waals surface area contributed by atoms with Crippen molar-refractivity contribution in [2.75, 3.05) is 5.73 Å². The number of nitrogens with zero attached hydrogens (tertiary/aromatic N) is 2. The van der Waals surface area contributed by atoms with Crippen LogP contribution in [0, 0.1) is 0 Å². The first-order valence-electron chi connectivity index (χ1n) is 6.94. The summed E-state index contributed by atoms with van der Waals surface area (Å²) in [5.41, 5.74) is 7.59. The molecule has 4 heteroatoms. The van der Waals surface area contributed by atoms with Crippen molar-refractivity contribution in [1.29, 1.82) is 0 Å². The Kier molecular flexibility index (Phi) is 3.01. The molecule has 4 nitrogen and oxygen atoms in total. The van der Waals surface area contributed by atoms with Gasteiger partial charge in [-0.25, -0.2) is 0 Å². The number of hydrogen-bond donors (Lipinski definition) is 1. The zero-order chi connectivity index (χ0) is 13.3. The highest BCUT2D eigenvalue weighted by Crippen LogP contribution is 2.43. The monoisotopic (exact) mass is 257 g/mol. The van der Waals surface area contributed by atoms with Crippen molar-refractivity contribution in [3.63, 3.8) is 0 Å². The van der Waals surface area contributed by atoms with Gasteiger partial charge < -0.3 is 10.3 Å². The maximum absolute atomic E-state index is 5.96. The van der Waals surface area contributed by atoms with Crippen LogP contribution in [-0.2, 0) is 5.41 Å². The van der Waals surface area contributed by atoms with Gasteiger partial charge >= 0.3 is 0 Å². The van der Waals surface area contributed by atoms with Crippen molar-refractivity contribution in [2.45, 2.75) is 44.4 Å². The maximum atomic E-state index is 5.96. The summed E-state index contributed by atoms with van der Waals surface area (Å²) in [6, 6.07) is 7.63. The van der Waals surface area contributed by atoms with E-state index in [9.17, 15) is 0 Å². The fraction of sp³-hybridized carbons (Fsp3) is 0.467. The fourth-order valence-corrected chi connectivity index (χ4v) is 3.02. The van der Waals surface area contributed by atoms with Gasteiger partial charge in [-0.1, -0.05) is 37.1 Å². The molecule has 19 heavy (non-hydrogen) atoms. The van der Waals surface area contributed by atoms with E-state index in [2.05, 4.69) is 17.1 Å². The predicted molar refractivity (Wildman–Crippen MR) is 74.6 cm³/mol. The molecule has 1 heterocycles. The molecular weight excluding hydrogens is 238 g/mol. The van der Waals surface area contributed by atoms with E-state index in [1.54, 1.807) is 0 Å². The highest BCUT2D eigenvalue weighted by molar-refractivity contribution is 5.70. The Balaban J connectivity index is 1.98. The molecule has 1 aliphatic carbocycles. The molecule has 1 aromatic carbocycles. The number of para-hydroxylation sites is 1. The first-order chi connectivity index (χ1) is 9.25. The van der Waals surface area contributed by atoms with Gasteiger partial charge in [0, 0.05) is 16.7 Å². The van der Waals surface area contributed by atoms with Crippen LogP contribution in [0.1, 0.15) is 44.9 Å². The van der Waals surface area contributed by atoms with Gasteiger partial charge in [0.05, 0.1) is 0 Å². The van der Waals surface area contributed by atoms with Crippen LogP contribution < -0.4 is 5.73 Å². The second-order valence-electron chi connectivity index (χ2n) is 5.35. The van der Waals surface area contributed by atoms with Crippen molar-refractivity contribution in [1.82, 2.24) is 10.1 Å². The van der Waals surface area contributed by atoms with Crippen molar-refractivity contribution in [2.24, 2.45) is 0 Å². The summed E-state index contributed by atoms with van der Waals surface area (Å²) in [7, 11) is 0. The van der Waals surface area contributed by atoms with Gasteiger partial charge in [-0.15, -0.1) is 0 Å². The van der Waals surface area contributed by atoms with E-state index in [0.29, 0.717) is 11.5 Å². The summed E-state index contributed by atoms with van der Waals surface area (Å²) in [6.45, 7) is 2.20. The van der Waals surface area contributed by atoms with Crippen LogP contribution in [0.2, 0.25) is 0 Å². The highest BCUT2D eigenvalue weighted by atomic mass is 16.5. The van der Waals surface area contributed by atoms with Crippen molar-refractivity contribution < 1.29 is 4.52 Å². The van der Waals surface area contributed by atoms with E-state index in [0.717, 1.165) is 30.7 Å². The summed E-state index contributed by atoms with van der Waals surface area (Å²) in [6.07, 6.45) is 5.85. The topological polar surface area (TPSA) is 64.9 Å². The minimum Gasteiger partial charge on any atom is -0.398 e. The molecule has 0 unspecified atom stereocenters. The molecule has 0 spiro atoms. The molecule has 2 aromatic rings. The molecule has 0 bridgehead atoms. The lowest BCUT2D eigenvalue weighted by atomic mass is 9.83. The lowest BCUT2D eigenvalue weighted by Gasteiger charge is -2.21. The molecule has 0 radical (unpaired) electrons. The van der Waals surface area contributed by atoms with Gasteiger partial charge in [0.1, 0.15) is 0 Å². The lowest BCUT2D eigenvalue weighted by Crippen LogP contribution is -2.21. The second kappa shape index (κ2) is 4.68. The number of aromatic nitrogens is 2. The summed E-state index contributed by atoms with van der Waals surface area (Å²) in [5, 5.41) is 4.12. The Labute approximate surface area is 113 Å². The number of benzene rings is 1. The van der Waals surface area contributed by atoms with Crippen LogP contribution >= 0.6 is 0 Å². The smallest absolute Gasteiger partial charge is 0.233 e. The van der Waals surface area contributed by atoms with Gasteiger partial charge in [-0.05, 0) is 31.4 Å². The van der Waals surface area contributed by atoms with E-state index in [1.807, 2.05) is 24.3 Å². The summed E-state index contributed by atoms with van der Waals surface area (Å²) in [5.74, 6) is 1.39. The zero-order valence-corrected chi connectivity index (χ0v) is 11.2. The molecule has 0 atom stereocenters. The number of anilines is 1.